The molecule has 1 atom stereocenters. The summed E-state index contributed by atoms with van der Waals surface area (Å²) in [6.45, 7) is 1.11. The van der Waals surface area contributed by atoms with E-state index in [-0.39, 0.29) is 0 Å². The van der Waals surface area contributed by atoms with Crippen molar-refractivity contribution < 1.29 is 0 Å². The molecule has 1 aromatic rings. The number of fused-ring (bicyclic) bond motifs is 1. The fourth-order valence-electron chi connectivity index (χ4n) is 2.30. The predicted molar refractivity (Wildman–Crippen MR) is 70.9 cm³/mol. The molecule has 1 unspecified atom stereocenters. The lowest BCUT2D eigenvalue weighted by atomic mass is 9.92. The average Bonchev–Trinajstić information content (AvgIpc) is 2.35. The van der Waals surface area contributed by atoms with E-state index in [1.807, 2.05) is 18.0 Å². The van der Waals surface area contributed by atoms with Crippen molar-refractivity contribution in [2.24, 2.45) is 0 Å². The molecule has 0 aromatic carbocycles. The van der Waals surface area contributed by atoms with Gasteiger partial charge in [0.2, 0.25) is 0 Å². The maximum Gasteiger partial charge on any atom is 0.0605 e. The molecule has 0 saturated carbocycles. The Hall–Kier alpha value is -0.540. The quantitative estimate of drug-likeness (QED) is 0.796. The zero-order valence-corrected chi connectivity index (χ0v) is 10.7. The number of pyridine rings is 1. The first kappa shape index (κ1) is 11.9. The summed E-state index contributed by atoms with van der Waals surface area (Å²) >= 11 is 1.92. The van der Waals surface area contributed by atoms with Gasteiger partial charge in [0.15, 0.2) is 0 Å². The lowest BCUT2D eigenvalue weighted by Crippen LogP contribution is -2.27. The van der Waals surface area contributed by atoms with Crippen molar-refractivity contribution in [2.45, 2.75) is 31.7 Å². The second-order valence-corrected chi connectivity index (χ2v) is 5.28. The van der Waals surface area contributed by atoms with E-state index in [1.54, 1.807) is 0 Å². The van der Waals surface area contributed by atoms with E-state index in [1.165, 1.54) is 42.7 Å². The number of nitrogens with one attached hydrogen (secondary N) is 1. The van der Waals surface area contributed by atoms with Crippen LogP contribution in [0.5, 0.6) is 0 Å². The van der Waals surface area contributed by atoms with Gasteiger partial charge in [0.25, 0.3) is 0 Å². The zero-order chi connectivity index (χ0) is 11.2. The van der Waals surface area contributed by atoms with Crippen molar-refractivity contribution in [1.82, 2.24) is 10.3 Å². The van der Waals surface area contributed by atoms with Crippen LogP contribution in [0.4, 0.5) is 0 Å². The topological polar surface area (TPSA) is 24.9 Å². The normalized spacial score (nSPS) is 19.4. The highest BCUT2D eigenvalue weighted by Crippen LogP contribution is 2.27. The van der Waals surface area contributed by atoms with Gasteiger partial charge in [-0.25, -0.2) is 0 Å². The standard InChI is InChI=1S/C13H20N2S/c1-16-10-4-9-14-12-7-2-5-11-6-3-8-15-13(11)12/h3,6,8,12,14H,2,4-5,7,9-10H2,1H3. The second-order valence-electron chi connectivity index (χ2n) is 4.29. The maximum atomic E-state index is 4.53. The molecule has 2 rings (SSSR count). The number of aryl methyl sites for hydroxylation is 1. The van der Waals surface area contributed by atoms with E-state index < -0.39 is 0 Å². The molecule has 1 N–H and O–H groups in total. The monoisotopic (exact) mass is 236 g/mol. The van der Waals surface area contributed by atoms with Gasteiger partial charge in [-0.3, -0.25) is 4.98 Å². The molecule has 0 spiro atoms. The number of nitrogens with zero attached hydrogens (tertiary/aromatic N) is 1. The van der Waals surface area contributed by atoms with Crippen molar-refractivity contribution in [3.63, 3.8) is 0 Å². The van der Waals surface area contributed by atoms with Crippen LogP contribution in [-0.2, 0) is 6.42 Å². The van der Waals surface area contributed by atoms with Crippen LogP contribution < -0.4 is 5.32 Å². The Labute approximate surface area is 102 Å². The summed E-state index contributed by atoms with van der Waals surface area (Å²) in [6.07, 6.45) is 9.06. The molecule has 16 heavy (non-hydrogen) atoms. The second kappa shape index (κ2) is 6.26. The molecule has 88 valence electrons. The molecule has 1 heterocycles. The van der Waals surface area contributed by atoms with E-state index >= 15 is 0 Å². The summed E-state index contributed by atoms with van der Waals surface area (Å²) in [7, 11) is 0. The van der Waals surface area contributed by atoms with Crippen molar-refractivity contribution >= 4 is 11.8 Å². The summed E-state index contributed by atoms with van der Waals surface area (Å²) in [6, 6.07) is 4.76. The summed E-state index contributed by atoms with van der Waals surface area (Å²) in [4.78, 5) is 4.53. The molecule has 0 amide bonds. The summed E-state index contributed by atoms with van der Waals surface area (Å²) < 4.78 is 0. The third kappa shape index (κ3) is 2.98. The van der Waals surface area contributed by atoms with Crippen LogP contribution in [0, 0.1) is 0 Å². The molecule has 1 aliphatic rings. The Morgan fingerprint density at radius 2 is 2.50 bits per heavy atom. The first-order valence-corrected chi connectivity index (χ1v) is 7.47. The first-order chi connectivity index (χ1) is 7.92. The minimum atomic E-state index is 0.492. The summed E-state index contributed by atoms with van der Waals surface area (Å²) in [5, 5.41) is 3.64. The van der Waals surface area contributed by atoms with Crippen LogP contribution in [0.15, 0.2) is 18.3 Å². The van der Waals surface area contributed by atoms with Crippen LogP contribution in [0.2, 0.25) is 0 Å². The van der Waals surface area contributed by atoms with Crippen LogP contribution in [0.1, 0.15) is 36.6 Å². The first-order valence-electron chi connectivity index (χ1n) is 6.08. The molecular weight excluding hydrogens is 216 g/mol. The van der Waals surface area contributed by atoms with Gasteiger partial charge in [0.05, 0.1) is 5.69 Å². The average molecular weight is 236 g/mol. The fraction of sp³-hybridized carbons (Fsp3) is 0.615. The Kier molecular flexibility index (Phi) is 4.67. The third-order valence-corrected chi connectivity index (χ3v) is 3.81. The molecule has 0 saturated heterocycles. The molecular formula is C13H20N2S. The van der Waals surface area contributed by atoms with Crippen LogP contribution in [0.3, 0.4) is 0 Å². The van der Waals surface area contributed by atoms with E-state index in [4.69, 9.17) is 0 Å². The van der Waals surface area contributed by atoms with Crippen LogP contribution >= 0.6 is 11.8 Å². The van der Waals surface area contributed by atoms with E-state index in [0.29, 0.717) is 6.04 Å². The smallest absolute Gasteiger partial charge is 0.0605 e. The summed E-state index contributed by atoms with van der Waals surface area (Å²) in [5.74, 6) is 1.24. The zero-order valence-electron chi connectivity index (χ0n) is 9.91. The van der Waals surface area contributed by atoms with Gasteiger partial charge in [-0.15, -0.1) is 0 Å². The van der Waals surface area contributed by atoms with Crippen LogP contribution in [0.25, 0.3) is 0 Å². The Morgan fingerprint density at radius 3 is 3.38 bits per heavy atom. The number of aromatic nitrogens is 1. The van der Waals surface area contributed by atoms with Gasteiger partial charge < -0.3 is 5.32 Å². The van der Waals surface area contributed by atoms with E-state index in [9.17, 15) is 0 Å². The van der Waals surface area contributed by atoms with Gasteiger partial charge >= 0.3 is 0 Å². The largest absolute Gasteiger partial charge is 0.309 e. The number of rotatable bonds is 5. The SMILES string of the molecule is CSCCCNC1CCCc2cccnc21. The van der Waals surface area contributed by atoms with Crippen molar-refractivity contribution in [2.75, 3.05) is 18.6 Å². The Bertz CT molecular complexity index is 327. The molecule has 0 aliphatic heterocycles. The minimum Gasteiger partial charge on any atom is -0.309 e. The molecule has 0 fully saturated rings. The molecule has 0 radical (unpaired) electrons. The fourth-order valence-corrected chi connectivity index (χ4v) is 2.73. The molecule has 0 bridgehead atoms. The van der Waals surface area contributed by atoms with Crippen molar-refractivity contribution in [3.05, 3.63) is 29.6 Å². The predicted octanol–water partition coefficient (Wildman–Crippen LogP) is 2.80. The van der Waals surface area contributed by atoms with Gasteiger partial charge in [0, 0.05) is 12.2 Å². The number of hydrogen-bond acceptors (Lipinski definition) is 3. The van der Waals surface area contributed by atoms with Crippen LogP contribution in [-0.4, -0.2) is 23.5 Å². The number of thioether (sulfide) groups is 1. The third-order valence-electron chi connectivity index (χ3n) is 3.11. The minimum absolute atomic E-state index is 0.492. The molecule has 1 aromatic heterocycles. The lowest BCUT2D eigenvalue weighted by molar-refractivity contribution is 0.450. The van der Waals surface area contributed by atoms with E-state index in [2.05, 4.69) is 28.7 Å². The Balaban J connectivity index is 1.91. The van der Waals surface area contributed by atoms with Gasteiger partial charge in [-0.1, -0.05) is 6.07 Å². The summed E-state index contributed by atoms with van der Waals surface area (Å²) in [5.41, 5.74) is 2.73. The lowest BCUT2D eigenvalue weighted by Gasteiger charge is -2.25. The van der Waals surface area contributed by atoms with Crippen molar-refractivity contribution in [1.29, 1.82) is 0 Å². The molecule has 3 heteroatoms. The molecule has 1 aliphatic carbocycles. The van der Waals surface area contributed by atoms with Crippen molar-refractivity contribution in [3.8, 4) is 0 Å². The highest BCUT2D eigenvalue weighted by molar-refractivity contribution is 7.98. The maximum absolute atomic E-state index is 4.53. The van der Waals surface area contributed by atoms with Gasteiger partial charge in [-0.05, 0) is 55.9 Å². The Morgan fingerprint density at radius 1 is 1.56 bits per heavy atom. The van der Waals surface area contributed by atoms with E-state index in [0.717, 1.165) is 6.54 Å². The highest BCUT2D eigenvalue weighted by Gasteiger charge is 2.19. The van der Waals surface area contributed by atoms with Gasteiger partial charge in [0.1, 0.15) is 0 Å². The van der Waals surface area contributed by atoms with Gasteiger partial charge in [-0.2, -0.15) is 11.8 Å². The highest BCUT2D eigenvalue weighted by atomic mass is 32.2. The number of hydrogen-bond donors (Lipinski definition) is 1. The molecule has 2 nitrogen and oxygen atoms in total.